The normalized spacial score (nSPS) is 11.5. The first-order valence-electron chi connectivity index (χ1n) is 8.90. The Balaban J connectivity index is 2.16. The van der Waals surface area contributed by atoms with Gasteiger partial charge in [-0.25, -0.2) is 4.79 Å². The molecular formula is C20H23NO5S2. The molecule has 1 amide bonds. The smallest absolute Gasteiger partial charge is 0.341 e. The third-order valence-electron chi connectivity index (χ3n) is 3.65. The van der Waals surface area contributed by atoms with E-state index in [-0.39, 0.29) is 24.2 Å². The molecule has 0 aliphatic rings. The van der Waals surface area contributed by atoms with Crippen LogP contribution in [0.3, 0.4) is 0 Å². The van der Waals surface area contributed by atoms with E-state index >= 15 is 0 Å². The monoisotopic (exact) mass is 421 g/mol. The first kappa shape index (κ1) is 22.0. The lowest BCUT2D eigenvalue weighted by atomic mass is 10.1. The molecule has 6 nitrogen and oxygen atoms in total. The summed E-state index contributed by atoms with van der Waals surface area (Å²) in [5, 5.41) is 2.75. The number of nitrogens with one attached hydrogen (secondary N) is 1. The predicted molar refractivity (Wildman–Crippen MR) is 113 cm³/mol. The number of carbonyl (C=O) groups is 3. The first-order chi connectivity index (χ1) is 13.5. The van der Waals surface area contributed by atoms with E-state index in [0.717, 1.165) is 10.4 Å². The SMILES string of the molecule is CCOC(=O)CS[C@H](C)C(=O)Nc1sc(-c2ccccc2)cc1C(=O)OCC. The summed E-state index contributed by atoms with van der Waals surface area (Å²) in [6.07, 6.45) is 0. The number of esters is 2. The number of benzene rings is 1. The second-order valence-corrected chi connectivity index (χ2v) is 8.07. The largest absolute Gasteiger partial charge is 0.465 e. The third kappa shape index (κ3) is 6.10. The molecule has 0 saturated heterocycles. The second kappa shape index (κ2) is 10.9. The molecule has 1 aromatic carbocycles. The zero-order valence-corrected chi connectivity index (χ0v) is 17.7. The number of hydrogen-bond acceptors (Lipinski definition) is 7. The molecule has 2 aromatic rings. The lowest BCUT2D eigenvalue weighted by Crippen LogP contribution is -2.24. The van der Waals surface area contributed by atoms with Crippen LogP contribution in [0.5, 0.6) is 0 Å². The van der Waals surface area contributed by atoms with E-state index < -0.39 is 11.2 Å². The van der Waals surface area contributed by atoms with E-state index in [1.807, 2.05) is 30.3 Å². The molecule has 0 spiro atoms. The summed E-state index contributed by atoms with van der Waals surface area (Å²) in [4.78, 5) is 37.2. The Labute approximate surface area is 172 Å². The maximum Gasteiger partial charge on any atom is 0.341 e. The fourth-order valence-electron chi connectivity index (χ4n) is 2.27. The number of anilines is 1. The van der Waals surface area contributed by atoms with Crippen molar-refractivity contribution in [1.29, 1.82) is 0 Å². The van der Waals surface area contributed by atoms with Crippen molar-refractivity contribution < 1.29 is 23.9 Å². The van der Waals surface area contributed by atoms with Crippen molar-refractivity contribution >= 4 is 45.9 Å². The first-order valence-corrected chi connectivity index (χ1v) is 10.8. The molecule has 1 aromatic heterocycles. The quantitative estimate of drug-likeness (QED) is 0.611. The predicted octanol–water partition coefficient (Wildman–Crippen LogP) is 4.22. The van der Waals surface area contributed by atoms with E-state index in [2.05, 4.69) is 5.32 Å². The summed E-state index contributed by atoms with van der Waals surface area (Å²) in [5.41, 5.74) is 1.27. The molecule has 8 heteroatoms. The highest BCUT2D eigenvalue weighted by Gasteiger charge is 2.22. The van der Waals surface area contributed by atoms with Crippen molar-refractivity contribution in [2.45, 2.75) is 26.0 Å². The van der Waals surface area contributed by atoms with Crippen LogP contribution in [0.15, 0.2) is 36.4 Å². The zero-order chi connectivity index (χ0) is 20.5. The Hall–Kier alpha value is -2.32. The molecule has 28 heavy (non-hydrogen) atoms. The topological polar surface area (TPSA) is 81.7 Å². The number of thioether (sulfide) groups is 1. The van der Waals surface area contributed by atoms with Crippen LogP contribution < -0.4 is 5.32 Å². The van der Waals surface area contributed by atoms with Crippen molar-refractivity contribution in [2.75, 3.05) is 24.3 Å². The van der Waals surface area contributed by atoms with Crippen LogP contribution in [0.4, 0.5) is 5.00 Å². The molecule has 0 radical (unpaired) electrons. The summed E-state index contributed by atoms with van der Waals surface area (Å²) in [7, 11) is 0. The highest BCUT2D eigenvalue weighted by atomic mass is 32.2. The summed E-state index contributed by atoms with van der Waals surface area (Å²) in [6, 6.07) is 11.3. The Morgan fingerprint density at radius 1 is 1.11 bits per heavy atom. The van der Waals surface area contributed by atoms with E-state index in [0.29, 0.717) is 17.2 Å². The summed E-state index contributed by atoms with van der Waals surface area (Å²) < 4.78 is 9.99. The lowest BCUT2D eigenvalue weighted by Gasteiger charge is -2.11. The fraction of sp³-hybridized carbons (Fsp3) is 0.350. The number of carbonyl (C=O) groups excluding carboxylic acids is 3. The minimum absolute atomic E-state index is 0.0901. The van der Waals surface area contributed by atoms with Gasteiger partial charge in [-0.1, -0.05) is 30.3 Å². The molecule has 0 fully saturated rings. The average molecular weight is 422 g/mol. The Morgan fingerprint density at radius 2 is 1.79 bits per heavy atom. The number of hydrogen-bond donors (Lipinski definition) is 1. The summed E-state index contributed by atoms with van der Waals surface area (Å²) in [5.74, 6) is -1.04. The van der Waals surface area contributed by atoms with Gasteiger partial charge in [-0.2, -0.15) is 0 Å². The van der Waals surface area contributed by atoms with Crippen molar-refractivity contribution in [2.24, 2.45) is 0 Å². The average Bonchev–Trinajstić information content (AvgIpc) is 3.11. The number of ether oxygens (including phenoxy) is 2. The van der Waals surface area contributed by atoms with Crippen LogP contribution in [0.25, 0.3) is 10.4 Å². The fourth-order valence-corrected chi connectivity index (χ4v) is 4.01. The van der Waals surface area contributed by atoms with Crippen molar-refractivity contribution in [3.63, 3.8) is 0 Å². The molecule has 1 heterocycles. The Morgan fingerprint density at radius 3 is 2.43 bits per heavy atom. The van der Waals surface area contributed by atoms with Gasteiger partial charge in [-0.15, -0.1) is 23.1 Å². The van der Waals surface area contributed by atoms with E-state index in [1.54, 1.807) is 26.8 Å². The highest BCUT2D eigenvalue weighted by Crippen LogP contribution is 2.36. The molecule has 0 bridgehead atoms. The van der Waals surface area contributed by atoms with Gasteiger partial charge in [-0.05, 0) is 32.4 Å². The van der Waals surface area contributed by atoms with Crippen LogP contribution >= 0.6 is 23.1 Å². The highest BCUT2D eigenvalue weighted by molar-refractivity contribution is 8.01. The lowest BCUT2D eigenvalue weighted by molar-refractivity contribution is -0.139. The number of thiophene rings is 1. The number of rotatable bonds is 9. The van der Waals surface area contributed by atoms with E-state index in [1.165, 1.54) is 23.1 Å². The minimum Gasteiger partial charge on any atom is -0.465 e. The van der Waals surface area contributed by atoms with Gasteiger partial charge in [-0.3, -0.25) is 9.59 Å². The molecule has 150 valence electrons. The minimum atomic E-state index is -0.485. The maximum absolute atomic E-state index is 12.5. The van der Waals surface area contributed by atoms with Crippen molar-refractivity contribution in [3.8, 4) is 10.4 Å². The summed E-state index contributed by atoms with van der Waals surface area (Å²) >= 11 is 2.49. The van der Waals surface area contributed by atoms with Gasteiger partial charge in [0.1, 0.15) is 5.00 Å². The molecule has 0 aliphatic heterocycles. The van der Waals surface area contributed by atoms with Gasteiger partial charge in [0.15, 0.2) is 0 Å². The molecule has 1 N–H and O–H groups in total. The van der Waals surface area contributed by atoms with Crippen molar-refractivity contribution in [3.05, 3.63) is 42.0 Å². The van der Waals surface area contributed by atoms with Gasteiger partial charge in [0, 0.05) is 4.88 Å². The molecule has 0 saturated carbocycles. The van der Waals surface area contributed by atoms with Gasteiger partial charge < -0.3 is 14.8 Å². The van der Waals surface area contributed by atoms with Gasteiger partial charge in [0.05, 0.1) is 29.8 Å². The molecule has 0 unspecified atom stereocenters. The molecular weight excluding hydrogens is 398 g/mol. The zero-order valence-electron chi connectivity index (χ0n) is 16.0. The molecule has 0 aliphatic carbocycles. The van der Waals surface area contributed by atoms with Crippen LogP contribution in [-0.4, -0.2) is 42.1 Å². The Bertz CT molecular complexity index is 819. The van der Waals surface area contributed by atoms with E-state index in [4.69, 9.17) is 9.47 Å². The van der Waals surface area contributed by atoms with Crippen LogP contribution in [0.1, 0.15) is 31.1 Å². The van der Waals surface area contributed by atoms with Crippen LogP contribution in [-0.2, 0) is 19.1 Å². The van der Waals surface area contributed by atoms with E-state index in [9.17, 15) is 14.4 Å². The van der Waals surface area contributed by atoms with Crippen LogP contribution in [0.2, 0.25) is 0 Å². The Kier molecular flexibility index (Phi) is 8.53. The van der Waals surface area contributed by atoms with Gasteiger partial charge >= 0.3 is 11.9 Å². The third-order valence-corrected chi connectivity index (χ3v) is 5.86. The standard InChI is InChI=1S/C20H23NO5S2/c1-4-25-17(22)12-27-13(3)18(23)21-19-15(20(24)26-5-2)11-16(28-19)14-9-7-6-8-10-14/h6-11,13H,4-5,12H2,1-3H3,(H,21,23)/t13-/m1/s1. The van der Waals surface area contributed by atoms with Crippen molar-refractivity contribution in [1.82, 2.24) is 0 Å². The van der Waals surface area contributed by atoms with Crippen LogP contribution in [0, 0.1) is 0 Å². The maximum atomic E-state index is 12.5. The molecule has 1 atom stereocenters. The van der Waals surface area contributed by atoms with Gasteiger partial charge in [0.25, 0.3) is 0 Å². The molecule has 2 rings (SSSR count). The number of amides is 1. The summed E-state index contributed by atoms with van der Waals surface area (Å²) in [6.45, 7) is 5.72. The second-order valence-electron chi connectivity index (χ2n) is 5.69. The van der Waals surface area contributed by atoms with Gasteiger partial charge in [0.2, 0.25) is 5.91 Å².